The van der Waals surface area contributed by atoms with E-state index in [9.17, 15) is 9.59 Å². The summed E-state index contributed by atoms with van der Waals surface area (Å²) in [6.45, 7) is 4.98. The van der Waals surface area contributed by atoms with Gasteiger partial charge in [0.15, 0.2) is 0 Å². The molecule has 7 heteroatoms. The van der Waals surface area contributed by atoms with Crippen LogP contribution in [0.2, 0.25) is 5.02 Å². The Hall–Kier alpha value is -2.31. The van der Waals surface area contributed by atoms with Crippen molar-refractivity contribution in [1.29, 1.82) is 0 Å². The number of benzene rings is 1. The molecule has 2 heterocycles. The quantitative estimate of drug-likeness (QED) is 0.735. The lowest BCUT2D eigenvalue weighted by molar-refractivity contribution is -0.130. The van der Waals surface area contributed by atoms with Gasteiger partial charge in [0.2, 0.25) is 5.91 Å². The van der Waals surface area contributed by atoms with Gasteiger partial charge in [0.25, 0.3) is 5.91 Å². The van der Waals surface area contributed by atoms with E-state index in [-0.39, 0.29) is 11.8 Å². The lowest BCUT2D eigenvalue weighted by Crippen LogP contribution is -2.55. The van der Waals surface area contributed by atoms with Gasteiger partial charge in [0.05, 0.1) is 0 Å². The number of rotatable bonds is 5. The van der Waals surface area contributed by atoms with Crippen molar-refractivity contribution < 1.29 is 9.59 Å². The zero-order valence-corrected chi connectivity index (χ0v) is 16.4. The van der Waals surface area contributed by atoms with E-state index in [0.717, 1.165) is 23.2 Å². The van der Waals surface area contributed by atoms with Crippen LogP contribution in [0.25, 0.3) is 0 Å². The minimum Gasteiger partial charge on any atom is -0.355 e. The zero-order valence-electron chi connectivity index (χ0n) is 15.6. The number of nitrogens with two attached hydrogens (primary N) is 1. The van der Waals surface area contributed by atoms with Crippen LogP contribution in [0.3, 0.4) is 0 Å². The highest BCUT2D eigenvalue weighted by molar-refractivity contribution is 6.30. The van der Waals surface area contributed by atoms with E-state index in [1.807, 2.05) is 32.0 Å². The Morgan fingerprint density at radius 1 is 1.30 bits per heavy atom. The van der Waals surface area contributed by atoms with Crippen LogP contribution in [0.5, 0.6) is 0 Å². The molecule has 1 unspecified atom stereocenters. The third kappa shape index (κ3) is 3.87. The van der Waals surface area contributed by atoms with E-state index in [0.29, 0.717) is 36.8 Å². The monoisotopic (exact) mass is 388 g/mol. The molecule has 1 aromatic heterocycles. The second-order valence-corrected chi connectivity index (χ2v) is 7.63. The van der Waals surface area contributed by atoms with E-state index >= 15 is 0 Å². The molecule has 0 radical (unpaired) electrons. The number of halogens is 1. The van der Waals surface area contributed by atoms with Crippen molar-refractivity contribution in [3.05, 3.63) is 57.9 Å². The first-order valence-corrected chi connectivity index (χ1v) is 9.46. The molecule has 0 spiro atoms. The van der Waals surface area contributed by atoms with Gasteiger partial charge in [0.1, 0.15) is 11.2 Å². The summed E-state index contributed by atoms with van der Waals surface area (Å²) >= 11 is 6.07. The number of nitrogens with zero attached hydrogens (tertiary/aromatic N) is 1. The molecule has 1 saturated heterocycles. The van der Waals surface area contributed by atoms with Gasteiger partial charge in [-0.3, -0.25) is 9.59 Å². The number of carbonyl (C=O) groups is 2. The summed E-state index contributed by atoms with van der Waals surface area (Å²) in [5.74, 6) is -0.316. The lowest BCUT2D eigenvalue weighted by Gasteiger charge is -2.33. The highest BCUT2D eigenvalue weighted by Gasteiger charge is 2.46. The Morgan fingerprint density at radius 2 is 2.07 bits per heavy atom. The summed E-state index contributed by atoms with van der Waals surface area (Å²) in [5.41, 5.74) is 8.14. The number of aromatic amines is 1. The van der Waals surface area contributed by atoms with Crippen LogP contribution >= 0.6 is 11.6 Å². The number of nitrogens with one attached hydrogen (secondary N) is 2. The van der Waals surface area contributed by atoms with Crippen molar-refractivity contribution in [3.8, 4) is 0 Å². The van der Waals surface area contributed by atoms with Crippen LogP contribution in [-0.2, 0) is 17.9 Å². The Morgan fingerprint density at radius 3 is 2.74 bits per heavy atom. The maximum absolute atomic E-state index is 13.0. The SMILES string of the molecule is Cc1ccc(C(=O)N2CCCC2(C)C(=O)NCc2cc(Cl)ccc2CN)[nH]1. The molecule has 6 nitrogen and oxygen atoms in total. The molecular formula is C20H25ClN4O2. The molecule has 2 aromatic rings. The van der Waals surface area contributed by atoms with Crippen LogP contribution in [0.15, 0.2) is 30.3 Å². The molecular weight excluding hydrogens is 364 g/mol. The maximum Gasteiger partial charge on any atom is 0.271 e. The lowest BCUT2D eigenvalue weighted by atomic mass is 9.97. The van der Waals surface area contributed by atoms with Crippen LogP contribution in [-0.4, -0.2) is 33.8 Å². The van der Waals surface area contributed by atoms with Gasteiger partial charge >= 0.3 is 0 Å². The number of amides is 2. The minimum absolute atomic E-state index is 0.149. The first kappa shape index (κ1) is 19.5. The van der Waals surface area contributed by atoms with Crippen LogP contribution < -0.4 is 11.1 Å². The van der Waals surface area contributed by atoms with E-state index in [2.05, 4.69) is 10.3 Å². The number of aryl methyl sites for hydroxylation is 1. The van der Waals surface area contributed by atoms with Gasteiger partial charge < -0.3 is 20.9 Å². The van der Waals surface area contributed by atoms with E-state index in [1.54, 1.807) is 17.0 Å². The number of likely N-dealkylation sites (tertiary alicyclic amines) is 1. The largest absolute Gasteiger partial charge is 0.355 e. The molecule has 4 N–H and O–H groups in total. The predicted molar refractivity (Wildman–Crippen MR) is 105 cm³/mol. The van der Waals surface area contributed by atoms with Crippen molar-refractivity contribution in [2.45, 2.75) is 45.3 Å². The number of hydrogen-bond donors (Lipinski definition) is 3. The van der Waals surface area contributed by atoms with Crippen molar-refractivity contribution in [2.75, 3.05) is 6.54 Å². The third-order valence-electron chi connectivity index (χ3n) is 5.27. The highest BCUT2D eigenvalue weighted by Crippen LogP contribution is 2.31. The summed E-state index contributed by atoms with van der Waals surface area (Å²) in [5, 5.41) is 3.57. The van der Waals surface area contributed by atoms with Gasteiger partial charge in [-0.2, -0.15) is 0 Å². The van der Waals surface area contributed by atoms with Gasteiger partial charge in [0, 0.05) is 30.4 Å². The summed E-state index contributed by atoms with van der Waals surface area (Å²) in [7, 11) is 0. The average molecular weight is 389 g/mol. The zero-order chi connectivity index (χ0) is 19.6. The summed E-state index contributed by atoms with van der Waals surface area (Å²) in [6.07, 6.45) is 1.42. The first-order valence-electron chi connectivity index (χ1n) is 9.08. The molecule has 2 amide bonds. The van der Waals surface area contributed by atoms with Gasteiger partial charge in [-0.25, -0.2) is 0 Å². The Labute approximate surface area is 164 Å². The van der Waals surface area contributed by atoms with Crippen molar-refractivity contribution >= 4 is 23.4 Å². The smallest absolute Gasteiger partial charge is 0.271 e. The molecule has 3 rings (SSSR count). The van der Waals surface area contributed by atoms with Crippen molar-refractivity contribution in [3.63, 3.8) is 0 Å². The number of hydrogen-bond acceptors (Lipinski definition) is 3. The molecule has 1 aromatic carbocycles. The fourth-order valence-electron chi connectivity index (χ4n) is 3.62. The second-order valence-electron chi connectivity index (χ2n) is 7.19. The van der Waals surface area contributed by atoms with Crippen LogP contribution in [0.1, 0.15) is 47.1 Å². The normalized spacial score (nSPS) is 19.3. The number of H-pyrrole nitrogens is 1. The van der Waals surface area contributed by atoms with Crippen LogP contribution in [0.4, 0.5) is 0 Å². The standard InChI is InChI=1S/C20H25ClN4O2/c1-13-4-7-17(24-13)18(26)25-9-3-8-20(25,2)19(27)23-12-15-10-16(21)6-5-14(15)11-22/h4-7,10,24H,3,8-9,11-12,22H2,1-2H3,(H,23,27). The molecule has 27 heavy (non-hydrogen) atoms. The molecule has 144 valence electrons. The molecule has 0 bridgehead atoms. The predicted octanol–water partition coefficient (Wildman–Crippen LogP) is 2.75. The highest BCUT2D eigenvalue weighted by atomic mass is 35.5. The van der Waals surface area contributed by atoms with Crippen LogP contribution in [0, 0.1) is 6.92 Å². The Balaban J connectivity index is 1.74. The molecule has 0 aliphatic carbocycles. The van der Waals surface area contributed by atoms with E-state index < -0.39 is 5.54 Å². The van der Waals surface area contributed by atoms with Crippen molar-refractivity contribution in [2.24, 2.45) is 5.73 Å². The average Bonchev–Trinajstić information content (AvgIpc) is 3.26. The van der Waals surface area contributed by atoms with Gasteiger partial charge in [-0.1, -0.05) is 17.7 Å². The molecule has 1 aliphatic heterocycles. The number of carbonyl (C=O) groups excluding carboxylic acids is 2. The van der Waals surface area contributed by atoms with Crippen molar-refractivity contribution in [1.82, 2.24) is 15.2 Å². The third-order valence-corrected chi connectivity index (χ3v) is 5.50. The first-order chi connectivity index (χ1) is 12.8. The Bertz CT molecular complexity index is 863. The fraction of sp³-hybridized carbons (Fsp3) is 0.400. The van der Waals surface area contributed by atoms with E-state index in [1.165, 1.54) is 0 Å². The second kappa shape index (κ2) is 7.74. The Kier molecular flexibility index (Phi) is 5.58. The summed E-state index contributed by atoms with van der Waals surface area (Å²) < 4.78 is 0. The fourth-order valence-corrected chi connectivity index (χ4v) is 3.82. The summed E-state index contributed by atoms with van der Waals surface area (Å²) in [4.78, 5) is 30.6. The van der Waals surface area contributed by atoms with E-state index in [4.69, 9.17) is 17.3 Å². The summed E-state index contributed by atoms with van der Waals surface area (Å²) in [6, 6.07) is 9.07. The topological polar surface area (TPSA) is 91.2 Å². The maximum atomic E-state index is 13.0. The van der Waals surface area contributed by atoms with Gasteiger partial charge in [-0.15, -0.1) is 0 Å². The molecule has 1 aliphatic rings. The molecule has 0 saturated carbocycles. The molecule has 1 fully saturated rings. The number of aromatic nitrogens is 1. The van der Waals surface area contributed by atoms with Gasteiger partial charge in [-0.05, 0) is 62.1 Å². The molecule has 1 atom stereocenters. The minimum atomic E-state index is -0.877.